The number of carbonyl (C=O) groups is 1. The van der Waals surface area contributed by atoms with Gasteiger partial charge in [0.25, 0.3) is 0 Å². The highest BCUT2D eigenvalue weighted by Crippen LogP contribution is 2.00. The SMILES string of the molecule is CC(CBr)COC(=O)N(C)C. The van der Waals surface area contributed by atoms with Gasteiger partial charge in [0.05, 0.1) is 6.61 Å². The average molecular weight is 224 g/mol. The van der Waals surface area contributed by atoms with E-state index in [0.717, 1.165) is 5.33 Å². The third-order valence-corrected chi connectivity index (χ3v) is 2.23. The molecule has 0 aromatic heterocycles. The zero-order valence-electron chi connectivity index (χ0n) is 7.13. The van der Waals surface area contributed by atoms with Gasteiger partial charge in [-0.15, -0.1) is 0 Å². The van der Waals surface area contributed by atoms with Gasteiger partial charge in [0.1, 0.15) is 0 Å². The molecule has 11 heavy (non-hydrogen) atoms. The topological polar surface area (TPSA) is 29.5 Å². The van der Waals surface area contributed by atoms with Crippen LogP contribution >= 0.6 is 15.9 Å². The highest BCUT2D eigenvalue weighted by atomic mass is 79.9. The molecule has 1 atom stereocenters. The second-order valence-corrected chi connectivity index (χ2v) is 3.38. The number of halogens is 1. The quantitative estimate of drug-likeness (QED) is 0.683. The first-order chi connectivity index (χ1) is 5.07. The summed E-state index contributed by atoms with van der Waals surface area (Å²) in [7, 11) is 3.34. The molecular weight excluding hydrogens is 210 g/mol. The van der Waals surface area contributed by atoms with Crippen molar-refractivity contribution in [2.24, 2.45) is 5.92 Å². The van der Waals surface area contributed by atoms with Crippen molar-refractivity contribution in [3.63, 3.8) is 0 Å². The average Bonchev–Trinajstić information content (AvgIpc) is 1.99. The second kappa shape index (κ2) is 5.41. The van der Waals surface area contributed by atoms with Crippen molar-refractivity contribution in [1.82, 2.24) is 4.90 Å². The summed E-state index contributed by atoms with van der Waals surface area (Å²) in [4.78, 5) is 12.3. The van der Waals surface area contributed by atoms with Crippen LogP contribution in [0.2, 0.25) is 0 Å². The number of nitrogens with zero attached hydrogens (tertiary/aromatic N) is 1. The lowest BCUT2D eigenvalue weighted by Crippen LogP contribution is -2.24. The van der Waals surface area contributed by atoms with Crippen molar-refractivity contribution in [1.29, 1.82) is 0 Å². The summed E-state index contributed by atoms with van der Waals surface area (Å²) >= 11 is 3.30. The summed E-state index contributed by atoms with van der Waals surface area (Å²) in [5.74, 6) is 0.374. The van der Waals surface area contributed by atoms with E-state index in [1.807, 2.05) is 6.92 Å². The molecular formula is C7H14BrNO2. The molecule has 66 valence electrons. The first-order valence-corrected chi connectivity index (χ1v) is 4.60. The van der Waals surface area contributed by atoms with E-state index in [0.29, 0.717) is 12.5 Å². The molecule has 0 aromatic rings. The van der Waals surface area contributed by atoms with E-state index in [1.54, 1.807) is 14.1 Å². The molecule has 0 fully saturated rings. The highest BCUT2D eigenvalue weighted by Gasteiger charge is 2.06. The van der Waals surface area contributed by atoms with Gasteiger partial charge in [0.2, 0.25) is 0 Å². The van der Waals surface area contributed by atoms with Crippen molar-refractivity contribution in [2.75, 3.05) is 26.0 Å². The Bertz CT molecular complexity index is 128. The predicted octanol–water partition coefficient (Wildman–Crippen LogP) is 1.72. The molecule has 0 saturated heterocycles. The minimum atomic E-state index is -0.280. The lowest BCUT2D eigenvalue weighted by Gasteiger charge is -2.13. The van der Waals surface area contributed by atoms with Gasteiger partial charge < -0.3 is 9.64 Å². The first kappa shape index (κ1) is 10.8. The third kappa shape index (κ3) is 5.07. The van der Waals surface area contributed by atoms with Gasteiger partial charge in [-0.2, -0.15) is 0 Å². The Balaban J connectivity index is 3.46. The predicted molar refractivity (Wildman–Crippen MR) is 48.0 cm³/mol. The van der Waals surface area contributed by atoms with Gasteiger partial charge in [-0.1, -0.05) is 22.9 Å². The van der Waals surface area contributed by atoms with Crippen LogP contribution in [0.1, 0.15) is 6.92 Å². The Labute approximate surface area is 75.8 Å². The lowest BCUT2D eigenvalue weighted by atomic mass is 10.2. The standard InChI is InChI=1S/C7H14BrNO2/c1-6(4-8)5-11-7(10)9(2)3/h6H,4-5H2,1-3H3. The van der Waals surface area contributed by atoms with Gasteiger partial charge in [0, 0.05) is 25.3 Å². The molecule has 0 aromatic carbocycles. The number of amides is 1. The van der Waals surface area contributed by atoms with Crippen LogP contribution in [0.15, 0.2) is 0 Å². The van der Waals surface area contributed by atoms with Crippen LogP contribution < -0.4 is 0 Å². The van der Waals surface area contributed by atoms with Crippen molar-refractivity contribution >= 4 is 22.0 Å². The Morgan fingerprint density at radius 3 is 2.55 bits per heavy atom. The molecule has 0 aliphatic carbocycles. The van der Waals surface area contributed by atoms with Crippen molar-refractivity contribution < 1.29 is 9.53 Å². The van der Waals surface area contributed by atoms with Crippen LogP contribution in [0.4, 0.5) is 4.79 Å². The van der Waals surface area contributed by atoms with Gasteiger partial charge >= 0.3 is 6.09 Å². The molecule has 3 nitrogen and oxygen atoms in total. The number of hydrogen-bond acceptors (Lipinski definition) is 2. The number of ether oxygens (including phenoxy) is 1. The van der Waals surface area contributed by atoms with Crippen LogP contribution in [-0.4, -0.2) is 37.0 Å². The van der Waals surface area contributed by atoms with Crippen LogP contribution in [-0.2, 0) is 4.74 Å². The minimum absolute atomic E-state index is 0.280. The van der Waals surface area contributed by atoms with E-state index < -0.39 is 0 Å². The number of hydrogen-bond donors (Lipinski definition) is 0. The summed E-state index contributed by atoms with van der Waals surface area (Å²) in [5.41, 5.74) is 0. The summed E-state index contributed by atoms with van der Waals surface area (Å²) in [6, 6.07) is 0. The number of carbonyl (C=O) groups excluding carboxylic acids is 1. The van der Waals surface area contributed by atoms with Crippen molar-refractivity contribution in [3.8, 4) is 0 Å². The normalized spacial score (nSPS) is 12.4. The molecule has 0 radical (unpaired) electrons. The van der Waals surface area contributed by atoms with Crippen molar-refractivity contribution in [3.05, 3.63) is 0 Å². The summed E-state index contributed by atoms with van der Waals surface area (Å²) in [6.07, 6.45) is -0.280. The Kier molecular flexibility index (Phi) is 5.28. The Morgan fingerprint density at radius 1 is 1.64 bits per heavy atom. The van der Waals surface area contributed by atoms with Gasteiger partial charge in [-0.3, -0.25) is 0 Å². The van der Waals surface area contributed by atoms with Crippen molar-refractivity contribution in [2.45, 2.75) is 6.92 Å². The monoisotopic (exact) mass is 223 g/mol. The second-order valence-electron chi connectivity index (χ2n) is 2.73. The Morgan fingerprint density at radius 2 is 2.18 bits per heavy atom. The minimum Gasteiger partial charge on any atom is -0.449 e. The maximum absolute atomic E-state index is 10.9. The Hall–Kier alpha value is -0.250. The fourth-order valence-electron chi connectivity index (χ4n) is 0.387. The largest absolute Gasteiger partial charge is 0.449 e. The fourth-order valence-corrected chi connectivity index (χ4v) is 0.574. The molecule has 0 aliphatic heterocycles. The molecule has 0 N–H and O–H groups in total. The zero-order chi connectivity index (χ0) is 8.85. The van der Waals surface area contributed by atoms with E-state index >= 15 is 0 Å². The molecule has 1 amide bonds. The van der Waals surface area contributed by atoms with Gasteiger partial charge in [0.15, 0.2) is 0 Å². The van der Waals surface area contributed by atoms with E-state index in [1.165, 1.54) is 4.90 Å². The van der Waals surface area contributed by atoms with Gasteiger partial charge in [-0.25, -0.2) is 4.79 Å². The third-order valence-electron chi connectivity index (χ3n) is 1.12. The smallest absolute Gasteiger partial charge is 0.409 e. The number of rotatable bonds is 3. The number of alkyl halides is 1. The molecule has 0 saturated carbocycles. The van der Waals surface area contributed by atoms with Crippen LogP contribution in [0.5, 0.6) is 0 Å². The van der Waals surface area contributed by atoms with Gasteiger partial charge in [-0.05, 0) is 0 Å². The fraction of sp³-hybridized carbons (Fsp3) is 0.857. The van der Waals surface area contributed by atoms with Crippen LogP contribution in [0, 0.1) is 5.92 Å². The van der Waals surface area contributed by atoms with E-state index in [9.17, 15) is 4.79 Å². The molecule has 0 spiro atoms. The maximum atomic E-state index is 10.9. The zero-order valence-corrected chi connectivity index (χ0v) is 8.72. The van der Waals surface area contributed by atoms with E-state index in [-0.39, 0.29) is 6.09 Å². The molecule has 0 aliphatic rings. The van der Waals surface area contributed by atoms with E-state index in [2.05, 4.69) is 15.9 Å². The van der Waals surface area contributed by atoms with Crippen LogP contribution in [0.3, 0.4) is 0 Å². The summed E-state index contributed by atoms with van der Waals surface area (Å²) < 4.78 is 4.91. The first-order valence-electron chi connectivity index (χ1n) is 3.48. The highest BCUT2D eigenvalue weighted by molar-refractivity contribution is 9.09. The van der Waals surface area contributed by atoms with E-state index in [4.69, 9.17) is 4.74 Å². The lowest BCUT2D eigenvalue weighted by molar-refractivity contribution is 0.108. The van der Waals surface area contributed by atoms with Crippen LogP contribution in [0.25, 0.3) is 0 Å². The molecule has 4 heteroatoms. The molecule has 0 heterocycles. The molecule has 0 rings (SSSR count). The molecule has 1 unspecified atom stereocenters. The summed E-state index contributed by atoms with van der Waals surface area (Å²) in [5, 5.41) is 0.855. The molecule has 0 bridgehead atoms. The maximum Gasteiger partial charge on any atom is 0.409 e. The summed E-state index contributed by atoms with van der Waals surface area (Å²) in [6.45, 7) is 2.49.